The number of carbonyl (C=O) groups excluding carboxylic acids is 1. The molecule has 0 N–H and O–H groups in total. The van der Waals surface area contributed by atoms with Crippen molar-refractivity contribution in [2.24, 2.45) is 11.8 Å². The Bertz CT molecular complexity index is 603. The Labute approximate surface area is 157 Å². The Morgan fingerprint density at radius 2 is 1.69 bits per heavy atom. The molecule has 1 aromatic rings. The number of carbonyl (C=O) groups is 1. The second kappa shape index (κ2) is 8.30. The van der Waals surface area contributed by atoms with Crippen LogP contribution in [-0.4, -0.2) is 68.1 Å². The number of anilines is 1. The van der Waals surface area contributed by atoms with Crippen molar-refractivity contribution in [2.45, 2.75) is 33.2 Å². The molecule has 3 atom stereocenters. The van der Waals surface area contributed by atoms with E-state index in [1.54, 1.807) is 7.11 Å². The number of hydrogen-bond donors (Lipinski definition) is 0. The highest BCUT2D eigenvalue weighted by molar-refractivity contribution is 5.81. The number of hydrogen-bond acceptors (Lipinski definition) is 4. The van der Waals surface area contributed by atoms with Gasteiger partial charge in [0, 0.05) is 39.3 Å². The van der Waals surface area contributed by atoms with Gasteiger partial charge in [-0.3, -0.25) is 9.69 Å². The number of amides is 1. The number of nitrogens with zero attached hydrogens (tertiary/aromatic N) is 3. The summed E-state index contributed by atoms with van der Waals surface area (Å²) in [5.41, 5.74) is 1.15. The lowest BCUT2D eigenvalue weighted by Crippen LogP contribution is -2.56. The van der Waals surface area contributed by atoms with Gasteiger partial charge < -0.3 is 14.5 Å². The van der Waals surface area contributed by atoms with Crippen LogP contribution in [0.3, 0.4) is 0 Å². The van der Waals surface area contributed by atoms with Gasteiger partial charge in [0.2, 0.25) is 5.91 Å². The van der Waals surface area contributed by atoms with Gasteiger partial charge in [-0.05, 0) is 37.3 Å². The zero-order chi connectivity index (χ0) is 18.7. The summed E-state index contributed by atoms with van der Waals surface area (Å²) in [6.07, 6.45) is 1.23. The average Bonchev–Trinajstić information content (AvgIpc) is 2.66. The van der Waals surface area contributed by atoms with Crippen molar-refractivity contribution in [1.82, 2.24) is 9.80 Å². The van der Waals surface area contributed by atoms with Crippen LogP contribution in [0.25, 0.3) is 0 Å². The average molecular weight is 360 g/mol. The number of piperazine rings is 1. The lowest BCUT2D eigenvalue weighted by Gasteiger charge is -2.42. The molecule has 26 heavy (non-hydrogen) atoms. The van der Waals surface area contributed by atoms with Crippen molar-refractivity contribution in [1.29, 1.82) is 0 Å². The SMILES string of the molecule is COc1ccccc1N1CCN([C@H](C)C(=O)N2C[C@H](C)C[C@@H](C)C2)CC1. The Morgan fingerprint density at radius 3 is 2.31 bits per heavy atom. The molecule has 0 radical (unpaired) electrons. The fraction of sp³-hybridized carbons (Fsp3) is 0.667. The monoisotopic (exact) mass is 359 g/mol. The summed E-state index contributed by atoms with van der Waals surface area (Å²) >= 11 is 0. The lowest BCUT2D eigenvalue weighted by atomic mass is 9.91. The van der Waals surface area contributed by atoms with E-state index >= 15 is 0 Å². The number of benzene rings is 1. The quantitative estimate of drug-likeness (QED) is 0.828. The summed E-state index contributed by atoms with van der Waals surface area (Å²) in [5.74, 6) is 2.44. The van der Waals surface area contributed by atoms with E-state index in [1.807, 2.05) is 12.1 Å². The van der Waals surface area contributed by atoms with E-state index in [9.17, 15) is 4.79 Å². The van der Waals surface area contributed by atoms with E-state index in [2.05, 4.69) is 47.6 Å². The molecular formula is C21H33N3O2. The third kappa shape index (κ3) is 4.14. The van der Waals surface area contributed by atoms with Gasteiger partial charge in [0.25, 0.3) is 0 Å². The van der Waals surface area contributed by atoms with Crippen molar-refractivity contribution in [3.8, 4) is 5.75 Å². The molecule has 1 amide bonds. The molecule has 0 aliphatic carbocycles. The summed E-state index contributed by atoms with van der Waals surface area (Å²) in [7, 11) is 1.72. The van der Waals surface area contributed by atoms with E-state index in [0.29, 0.717) is 17.7 Å². The topological polar surface area (TPSA) is 36.0 Å². The molecule has 1 aromatic carbocycles. The molecule has 0 bridgehead atoms. The fourth-order valence-corrected chi connectivity index (χ4v) is 4.50. The number of likely N-dealkylation sites (tertiary alicyclic amines) is 1. The van der Waals surface area contributed by atoms with Crippen molar-refractivity contribution in [3.63, 3.8) is 0 Å². The van der Waals surface area contributed by atoms with Crippen LogP contribution in [0.4, 0.5) is 5.69 Å². The predicted octanol–water partition coefficient (Wildman–Crippen LogP) is 2.71. The van der Waals surface area contributed by atoms with Crippen molar-refractivity contribution in [2.75, 3.05) is 51.3 Å². The minimum absolute atomic E-state index is 0.0349. The lowest BCUT2D eigenvalue weighted by molar-refractivity contribution is -0.139. The molecular weight excluding hydrogens is 326 g/mol. The smallest absolute Gasteiger partial charge is 0.239 e. The van der Waals surface area contributed by atoms with Crippen LogP contribution in [0, 0.1) is 11.8 Å². The third-order valence-corrected chi connectivity index (χ3v) is 5.83. The first-order valence-corrected chi connectivity index (χ1v) is 9.90. The van der Waals surface area contributed by atoms with E-state index in [1.165, 1.54) is 6.42 Å². The summed E-state index contributed by atoms with van der Waals surface area (Å²) in [6.45, 7) is 12.1. The first-order chi connectivity index (χ1) is 12.5. The van der Waals surface area contributed by atoms with Gasteiger partial charge in [-0.2, -0.15) is 0 Å². The molecule has 0 spiro atoms. The van der Waals surface area contributed by atoms with Gasteiger partial charge >= 0.3 is 0 Å². The molecule has 0 saturated carbocycles. The van der Waals surface area contributed by atoms with E-state index < -0.39 is 0 Å². The highest BCUT2D eigenvalue weighted by Crippen LogP contribution is 2.29. The molecule has 2 saturated heterocycles. The maximum Gasteiger partial charge on any atom is 0.239 e. The summed E-state index contributed by atoms with van der Waals surface area (Å²) in [4.78, 5) is 19.8. The highest BCUT2D eigenvalue weighted by Gasteiger charge is 2.32. The highest BCUT2D eigenvalue weighted by atomic mass is 16.5. The Hall–Kier alpha value is -1.75. The molecule has 2 heterocycles. The number of rotatable bonds is 4. The fourth-order valence-electron chi connectivity index (χ4n) is 4.50. The van der Waals surface area contributed by atoms with Crippen LogP contribution >= 0.6 is 0 Å². The molecule has 2 aliphatic heterocycles. The van der Waals surface area contributed by atoms with Crippen molar-refractivity contribution < 1.29 is 9.53 Å². The zero-order valence-electron chi connectivity index (χ0n) is 16.6. The molecule has 2 aliphatic rings. The molecule has 2 fully saturated rings. The maximum absolute atomic E-state index is 13.0. The first-order valence-electron chi connectivity index (χ1n) is 9.90. The second-order valence-electron chi connectivity index (χ2n) is 8.06. The summed E-state index contributed by atoms with van der Waals surface area (Å²) < 4.78 is 5.49. The van der Waals surface area contributed by atoms with Crippen LogP contribution in [0.2, 0.25) is 0 Å². The van der Waals surface area contributed by atoms with E-state index in [-0.39, 0.29) is 6.04 Å². The minimum atomic E-state index is -0.0349. The van der Waals surface area contributed by atoms with Crippen LogP contribution in [-0.2, 0) is 4.79 Å². The summed E-state index contributed by atoms with van der Waals surface area (Å²) in [5, 5.41) is 0. The number of piperidine rings is 1. The van der Waals surface area contributed by atoms with Gasteiger partial charge in [0.15, 0.2) is 0 Å². The van der Waals surface area contributed by atoms with Gasteiger partial charge in [-0.1, -0.05) is 26.0 Å². The Balaban J connectivity index is 1.58. The molecule has 0 unspecified atom stereocenters. The Morgan fingerprint density at radius 1 is 1.08 bits per heavy atom. The van der Waals surface area contributed by atoms with Crippen LogP contribution in [0.5, 0.6) is 5.75 Å². The van der Waals surface area contributed by atoms with Gasteiger partial charge in [-0.25, -0.2) is 0 Å². The van der Waals surface area contributed by atoms with Crippen LogP contribution in [0.15, 0.2) is 24.3 Å². The summed E-state index contributed by atoms with van der Waals surface area (Å²) in [6, 6.07) is 8.13. The number of methoxy groups -OCH3 is 1. The number of para-hydroxylation sites is 2. The van der Waals surface area contributed by atoms with E-state index in [4.69, 9.17) is 4.74 Å². The number of ether oxygens (including phenoxy) is 1. The third-order valence-electron chi connectivity index (χ3n) is 5.83. The van der Waals surface area contributed by atoms with Gasteiger partial charge in [-0.15, -0.1) is 0 Å². The normalized spacial score (nSPS) is 25.8. The minimum Gasteiger partial charge on any atom is -0.495 e. The molecule has 5 heteroatoms. The van der Waals surface area contributed by atoms with Crippen molar-refractivity contribution >= 4 is 11.6 Å². The molecule has 0 aromatic heterocycles. The molecule has 3 rings (SSSR count). The molecule has 5 nitrogen and oxygen atoms in total. The van der Waals surface area contributed by atoms with Crippen molar-refractivity contribution in [3.05, 3.63) is 24.3 Å². The zero-order valence-corrected chi connectivity index (χ0v) is 16.6. The molecule has 144 valence electrons. The Kier molecular flexibility index (Phi) is 6.07. The van der Waals surface area contributed by atoms with Crippen LogP contribution in [0.1, 0.15) is 27.2 Å². The van der Waals surface area contributed by atoms with E-state index in [0.717, 1.165) is 50.7 Å². The standard InChI is InChI=1S/C21H33N3O2/c1-16-13-17(2)15-24(14-16)21(25)18(3)22-9-11-23(12-10-22)19-7-5-6-8-20(19)26-4/h5-8,16-18H,9-15H2,1-4H3/t16-,17-,18-/m1/s1. The first kappa shape index (κ1) is 19.0. The maximum atomic E-state index is 13.0. The largest absolute Gasteiger partial charge is 0.495 e. The predicted molar refractivity (Wildman–Crippen MR) is 106 cm³/mol. The second-order valence-corrected chi connectivity index (χ2v) is 8.06. The van der Waals surface area contributed by atoms with Crippen LogP contribution < -0.4 is 9.64 Å². The van der Waals surface area contributed by atoms with Gasteiger partial charge in [0.05, 0.1) is 18.8 Å². The van der Waals surface area contributed by atoms with Gasteiger partial charge in [0.1, 0.15) is 5.75 Å².